The zero-order valence-corrected chi connectivity index (χ0v) is 17.7. The number of anilines is 1. The van der Waals surface area contributed by atoms with Gasteiger partial charge in [0.2, 0.25) is 5.88 Å². The van der Waals surface area contributed by atoms with E-state index in [-0.39, 0.29) is 6.03 Å². The van der Waals surface area contributed by atoms with Gasteiger partial charge in [0, 0.05) is 18.7 Å². The molecule has 3 rings (SSSR count). The van der Waals surface area contributed by atoms with E-state index in [1.807, 2.05) is 0 Å². The van der Waals surface area contributed by atoms with E-state index in [1.165, 1.54) is 6.33 Å². The van der Waals surface area contributed by atoms with Gasteiger partial charge in [0.05, 0.1) is 35.8 Å². The number of carbonyl (C=O) groups excluding carboxylic acids is 1. The molecule has 2 aromatic carbocycles. The Bertz CT molecular complexity index is 1040. The third-order valence-corrected chi connectivity index (χ3v) is 4.64. The van der Waals surface area contributed by atoms with Crippen LogP contribution < -0.4 is 24.8 Å². The Balaban J connectivity index is 1.80. The van der Waals surface area contributed by atoms with Crippen LogP contribution in [-0.2, 0) is 0 Å². The number of carbonyl (C=O) groups is 1. The lowest BCUT2D eigenvalue weighted by Gasteiger charge is -2.13. The number of amides is 2. The maximum Gasteiger partial charge on any atom is 0.319 e. The molecule has 1 heterocycles. The van der Waals surface area contributed by atoms with Crippen molar-refractivity contribution in [2.75, 3.05) is 26.1 Å². The molecule has 0 saturated heterocycles. The average molecular weight is 431 g/mol. The molecule has 158 valence electrons. The first kappa shape index (κ1) is 21.4. The number of unbranched alkanes of at least 4 members (excludes halogenated alkanes) is 1. The lowest BCUT2D eigenvalue weighted by atomic mass is 10.2. The van der Waals surface area contributed by atoms with E-state index in [1.54, 1.807) is 44.6 Å². The van der Waals surface area contributed by atoms with Crippen molar-refractivity contribution < 1.29 is 19.0 Å². The van der Waals surface area contributed by atoms with Crippen LogP contribution in [0.4, 0.5) is 10.5 Å². The number of rotatable bonds is 8. The SMILES string of the molecule is CCCCNC(=O)Nc1ccc(Oc2ncnc3cc(OC)c(OC)cc23)cc1Cl. The van der Waals surface area contributed by atoms with Crippen LogP contribution in [0.3, 0.4) is 0 Å². The Morgan fingerprint density at radius 2 is 1.87 bits per heavy atom. The van der Waals surface area contributed by atoms with Crippen molar-refractivity contribution in [2.45, 2.75) is 19.8 Å². The highest BCUT2D eigenvalue weighted by Crippen LogP contribution is 2.36. The fraction of sp³-hybridized carbons (Fsp3) is 0.286. The number of fused-ring (bicyclic) bond motifs is 1. The number of halogens is 1. The Kier molecular flexibility index (Phi) is 7.13. The molecular formula is C21H23ClN4O4. The van der Waals surface area contributed by atoms with Gasteiger partial charge in [0.15, 0.2) is 11.5 Å². The van der Waals surface area contributed by atoms with Crippen LogP contribution in [0, 0.1) is 0 Å². The lowest BCUT2D eigenvalue weighted by molar-refractivity contribution is 0.252. The molecular weight excluding hydrogens is 408 g/mol. The Hall–Kier alpha value is -3.26. The van der Waals surface area contributed by atoms with Crippen LogP contribution in [0.1, 0.15) is 19.8 Å². The molecule has 0 unspecified atom stereocenters. The average Bonchev–Trinajstić information content (AvgIpc) is 2.75. The summed E-state index contributed by atoms with van der Waals surface area (Å²) in [4.78, 5) is 20.4. The number of hydrogen-bond donors (Lipinski definition) is 2. The molecule has 0 spiro atoms. The number of nitrogens with zero attached hydrogens (tertiary/aromatic N) is 2. The van der Waals surface area contributed by atoms with Gasteiger partial charge >= 0.3 is 6.03 Å². The predicted molar refractivity (Wildman–Crippen MR) is 116 cm³/mol. The molecule has 2 amide bonds. The Morgan fingerprint density at radius 3 is 2.57 bits per heavy atom. The summed E-state index contributed by atoms with van der Waals surface area (Å²) in [5.74, 6) is 1.91. The maximum absolute atomic E-state index is 11.9. The molecule has 30 heavy (non-hydrogen) atoms. The third kappa shape index (κ3) is 5.01. The summed E-state index contributed by atoms with van der Waals surface area (Å²) in [6, 6.07) is 8.17. The second-order valence-corrected chi connectivity index (χ2v) is 6.79. The van der Waals surface area contributed by atoms with Gasteiger partial charge in [-0.2, -0.15) is 0 Å². The third-order valence-electron chi connectivity index (χ3n) is 4.32. The number of nitrogens with one attached hydrogen (secondary N) is 2. The zero-order valence-electron chi connectivity index (χ0n) is 17.0. The van der Waals surface area contributed by atoms with E-state index in [0.29, 0.717) is 51.3 Å². The van der Waals surface area contributed by atoms with Gasteiger partial charge in [0.25, 0.3) is 0 Å². The first-order valence-electron chi connectivity index (χ1n) is 9.44. The number of urea groups is 1. The van der Waals surface area contributed by atoms with E-state index in [0.717, 1.165) is 12.8 Å². The van der Waals surface area contributed by atoms with Crippen LogP contribution in [0.15, 0.2) is 36.7 Å². The van der Waals surface area contributed by atoms with Crippen molar-refractivity contribution in [1.82, 2.24) is 15.3 Å². The summed E-state index contributed by atoms with van der Waals surface area (Å²) in [7, 11) is 3.11. The molecule has 2 N–H and O–H groups in total. The fourth-order valence-electron chi connectivity index (χ4n) is 2.76. The van der Waals surface area contributed by atoms with E-state index < -0.39 is 0 Å². The van der Waals surface area contributed by atoms with Gasteiger partial charge < -0.3 is 24.8 Å². The fourth-order valence-corrected chi connectivity index (χ4v) is 2.98. The summed E-state index contributed by atoms with van der Waals surface area (Å²) >= 11 is 6.31. The highest BCUT2D eigenvalue weighted by atomic mass is 35.5. The first-order valence-corrected chi connectivity index (χ1v) is 9.82. The van der Waals surface area contributed by atoms with E-state index in [4.69, 9.17) is 25.8 Å². The minimum Gasteiger partial charge on any atom is -0.493 e. The molecule has 0 aliphatic rings. The molecule has 0 saturated carbocycles. The minimum atomic E-state index is -0.304. The van der Waals surface area contributed by atoms with Crippen LogP contribution in [0.2, 0.25) is 5.02 Å². The highest BCUT2D eigenvalue weighted by molar-refractivity contribution is 6.33. The van der Waals surface area contributed by atoms with E-state index in [9.17, 15) is 4.79 Å². The monoisotopic (exact) mass is 430 g/mol. The second kappa shape index (κ2) is 9.98. The smallest absolute Gasteiger partial charge is 0.319 e. The Labute approximate surface area is 179 Å². The molecule has 0 aliphatic heterocycles. The van der Waals surface area contributed by atoms with Crippen molar-refractivity contribution in [2.24, 2.45) is 0 Å². The quantitative estimate of drug-likeness (QED) is 0.487. The van der Waals surface area contributed by atoms with Crippen molar-refractivity contribution in [1.29, 1.82) is 0 Å². The van der Waals surface area contributed by atoms with Crippen LogP contribution in [0.5, 0.6) is 23.1 Å². The normalized spacial score (nSPS) is 10.5. The van der Waals surface area contributed by atoms with Crippen molar-refractivity contribution in [3.05, 3.63) is 41.7 Å². The molecule has 0 bridgehead atoms. The van der Waals surface area contributed by atoms with E-state index >= 15 is 0 Å². The van der Waals surface area contributed by atoms with Crippen molar-refractivity contribution in [3.63, 3.8) is 0 Å². The summed E-state index contributed by atoms with van der Waals surface area (Å²) in [6.07, 6.45) is 3.32. The summed E-state index contributed by atoms with van der Waals surface area (Å²) < 4.78 is 16.6. The van der Waals surface area contributed by atoms with E-state index in [2.05, 4.69) is 27.5 Å². The minimum absolute atomic E-state index is 0.304. The molecule has 0 radical (unpaired) electrons. The van der Waals surface area contributed by atoms with Gasteiger partial charge in [-0.05, 0) is 24.6 Å². The van der Waals surface area contributed by atoms with Crippen LogP contribution in [-0.4, -0.2) is 36.8 Å². The predicted octanol–water partition coefficient (Wildman–Crippen LogP) is 5.01. The van der Waals surface area contributed by atoms with Crippen LogP contribution >= 0.6 is 11.6 Å². The summed E-state index contributed by atoms with van der Waals surface area (Å²) in [5, 5.41) is 6.50. The molecule has 1 aromatic heterocycles. The highest BCUT2D eigenvalue weighted by Gasteiger charge is 2.13. The topological polar surface area (TPSA) is 94.6 Å². The number of benzene rings is 2. The summed E-state index contributed by atoms with van der Waals surface area (Å²) in [5.41, 5.74) is 1.13. The molecule has 0 fully saturated rings. The number of ether oxygens (including phenoxy) is 3. The van der Waals surface area contributed by atoms with Gasteiger partial charge in [-0.3, -0.25) is 0 Å². The standard InChI is InChI=1S/C21H23ClN4O4/c1-4-5-8-23-21(27)26-16-7-6-13(9-15(16)22)30-20-14-10-18(28-2)19(29-3)11-17(14)24-12-25-20/h6-7,9-12H,4-5,8H2,1-3H3,(H2,23,26,27). The Morgan fingerprint density at radius 1 is 1.10 bits per heavy atom. The number of methoxy groups -OCH3 is 2. The van der Waals surface area contributed by atoms with Gasteiger partial charge in [-0.25, -0.2) is 14.8 Å². The molecule has 8 nitrogen and oxygen atoms in total. The van der Waals surface area contributed by atoms with Gasteiger partial charge in [-0.1, -0.05) is 24.9 Å². The molecule has 3 aromatic rings. The van der Waals surface area contributed by atoms with Crippen molar-refractivity contribution >= 4 is 34.2 Å². The number of aromatic nitrogens is 2. The van der Waals surface area contributed by atoms with Crippen molar-refractivity contribution in [3.8, 4) is 23.1 Å². The molecule has 9 heteroatoms. The van der Waals surface area contributed by atoms with Gasteiger partial charge in [-0.15, -0.1) is 0 Å². The molecule has 0 atom stereocenters. The zero-order chi connectivity index (χ0) is 21.5. The summed E-state index contributed by atoms with van der Waals surface area (Å²) in [6.45, 7) is 2.67. The number of hydrogen-bond acceptors (Lipinski definition) is 6. The second-order valence-electron chi connectivity index (χ2n) is 6.38. The van der Waals surface area contributed by atoms with Gasteiger partial charge in [0.1, 0.15) is 12.1 Å². The molecule has 0 aliphatic carbocycles. The largest absolute Gasteiger partial charge is 0.493 e. The maximum atomic E-state index is 11.9. The lowest BCUT2D eigenvalue weighted by Crippen LogP contribution is -2.29. The first-order chi connectivity index (χ1) is 14.5. The van der Waals surface area contributed by atoms with Crippen LogP contribution in [0.25, 0.3) is 10.9 Å².